The predicted octanol–water partition coefficient (Wildman–Crippen LogP) is 2.31. The van der Waals surface area contributed by atoms with E-state index in [1.807, 2.05) is 24.3 Å². The number of hydrogen-bond acceptors (Lipinski definition) is 4. The van der Waals surface area contributed by atoms with E-state index >= 15 is 0 Å². The molecule has 3 aromatic heterocycles. The second kappa shape index (κ2) is 4.18. The van der Waals surface area contributed by atoms with Crippen molar-refractivity contribution < 1.29 is 0 Å². The number of pyridine rings is 1. The van der Waals surface area contributed by atoms with Crippen molar-refractivity contribution in [3.8, 4) is 11.4 Å². The van der Waals surface area contributed by atoms with Crippen LogP contribution in [0.25, 0.3) is 17.0 Å². The molecule has 3 heterocycles. The molecule has 0 aliphatic carbocycles. The van der Waals surface area contributed by atoms with Gasteiger partial charge >= 0.3 is 0 Å². The van der Waals surface area contributed by atoms with E-state index in [9.17, 15) is 0 Å². The summed E-state index contributed by atoms with van der Waals surface area (Å²) in [7, 11) is 0. The largest absolute Gasteiger partial charge is 0.264 e. The van der Waals surface area contributed by atoms with Crippen LogP contribution in [0.5, 0.6) is 0 Å². The molecule has 0 saturated heterocycles. The van der Waals surface area contributed by atoms with Gasteiger partial charge in [0.25, 0.3) is 0 Å². The van der Waals surface area contributed by atoms with Gasteiger partial charge in [0.05, 0.1) is 5.69 Å². The number of hydrogen-bond donors (Lipinski definition) is 0. The maximum atomic E-state index is 4.57. The van der Waals surface area contributed by atoms with Crippen molar-refractivity contribution in [2.24, 2.45) is 0 Å². The van der Waals surface area contributed by atoms with Crippen LogP contribution in [0, 0.1) is 0 Å². The third-order valence-electron chi connectivity index (χ3n) is 2.79. The molecule has 0 atom stereocenters. The van der Waals surface area contributed by atoms with E-state index in [1.54, 1.807) is 16.9 Å². The van der Waals surface area contributed by atoms with Crippen molar-refractivity contribution in [3.63, 3.8) is 0 Å². The minimum Gasteiger partial charge on any atom is -0.264 e. The molecule has 5 nitrogen and oxygen atoms in total. The smallest absolute Gasteiger partial charge is 0.186 e. The molecule has 0 aromatic carbocycles. The van der Waals surface area contributed by atoms with Crippen LogP contribution in [0.1, 0.15) is 25.5 Å². The average Bonchev–Trinajstić information content (AvgIpc) is 2.82. The van der Waals surface area contributed by atoms with Crippen molar-refractivity contribution in [3.05, 3.63) is 42.4 Å². The van der Waals surface area contributed by atoms with Gasteiger partial charge in [-0.25, -0.2) is 0 Å². The summed E-state index contributed by atoms with van der Waals surface area (Å²) in [6.07, 6.45) is 3.50. The van der Waals surface area contributed by atoms with Crippen LogP contribution >= 0.6 is 0 Å². The van der Waals surface area contributed by atoms with Crippen molar-refractivity contribution in [1.82, 2.24) is 24.8 Å². The van der Waals surface area contributed by atoms with E-state index in [-0.39, 0.29) is 0 Å². The molecule has 0 bridgehead atoms. The molecule has 90 valence electrons. The molecular weight excluding hydrogens is 226 g/mol. The molecule has 0 aliphatic heterocycles. The molecule has 0 unspecified atom stereocenters. The van der Waals surface area contributed by atoms with E-state index in [4.69, 9.17) is 0 Å². The van der Waals surface area contributed by atoms with E-state index in [0.29, 0.717) is 5.92 Å². The quantitative estimate of drug-likeness (QED) is 0.688. The standard InChI is InChI=1S/C13H13N5/c1-9(2)11-5-6-12-15-16-13(18(12)17-11)10-4-3-7-14-8-10/h3-9H,1-2H3. The van der Waals surface area contributed by atoms with Crippen LogP contribution in [-0.2, 0) is 0 Å². The lowest BCUT2D eigenvalue weighted by molar-refractivity contribution is 0.765. The highest BCUT2D eigenvalue weighted by Gasteiger charge is 2.10. The molecule has 0 radical (unpaired) electrons. The third kappa shape index (κ3) is 1.73. The normalized spacial score (nSPS) is 11.3. The Hall–Kier alpha value is -2.30. The fraction of sp³-hybridized carbons (Fsp3) is 0.231. The maximum Gasteiger partial charge on any atom is 0.186 e. The molecule has 0 N–H and O–H groups in total. The average molecular weight is 239 g/mol. The lowest BCUT2D eigenvalue weighted by atomic mass is 10.1. The van der Waals surface area contributed by atoms with Crippen LogP contribution in [0.15, 0.2) is 36.7 Å². The summed E-state index contributed by atoms with van der Waals surface area (Å²) in [5.74, 6) is 1.10. The molecule has 5 heteroatoms. The van der Waals surface area contributed by atoms with Crippen molar-refractivity contribution >= 4 is 5.65 Å². The lowest BCUT2D eigenvalue weighted by Gasteiger charge is -2.05. The SMILES string of the molecule is CC(C)c1ccc2nnc(-c3cccnc3)n2n1. The van der Waals surface area contributed by atoms with Gasteiger partial charge in [-0.05, 0) is 30.2 Å². The highest BCUT2D eigenvalue weighted by atomic mass is 15.4. The lowest BCUT2D eigenvalue weighted by Crippen LogP contribution is -2.01. The maximum absolute atomic E-state index is 4.57. The summed E-state index contributed by atoms with van der Waals surface area (Å²) in [6.45, 7) is 4.23. The molecule has 0 amide bonds. The number of fused-ring (bicyclic) bond motifs is 1. The van der Waals surface area contributed by atoms with Gasteiger partial charge in [-0.2, -0.15) is 9.61 Å². The van der Waals surface area contributed by atoms with Gasteiger partial charge in [-0.3, -0.25) is 4.98 Å². The second-order valence-electron chi connectivity index (χ2n) is 4.45. The Bertz CT molecular complexity index is 672. The van der Waals surface area contributed by atoms with Gasteiger partial charge in [0.2, 0.25) is 0 Å². The van der Waals surface area contributed by atoms with Gasteiger partial charge in [0.15, 0.2) is 11.5 Å². The fourth-order valence-corrected chi connectivity index (χ4v) is 1.79. The van der Waals surface area contributed by atoms with E-state index in [1.165, 1.54) is 0 Å². The summed E-state index contributed by atoms with van der Waals surface area (Å²) >= 11 is 0. The molecule has 0 fully saturated rings. The molecule has 18 heavy (non-hydrogen) atoms. The molecule has 0 saturated carbocycles. The highest BCUT2D eigenvalue weighted by molar-refractivity contribution is 5.57. The Morgan fingerprint density at radius 2 is 2.00 bits per heavy atom. The molecule has 0 spiro atoms. The zero-order valence-electron chi connectivity index (χ0n) is 10.3. The van der Waals surface area contributed by atoms with E-state index in [0.717, 1.165) is 22.7 Å². The van der Waals surface area contributed by atoms with Crippen molar-refractivity contribution in [1.29, 1.82) is 0 Å². The first kappa shape index (κ1) is 10.8. The fourth-order valence-electron chi connectivity index (χ4n) is 1.79. The zero-order chi connectivity index (χ0) is 12.5. The Kier molecular flexibility index (Phi) is 2.51. The van der Waals surface area contributed by atoms with E-state index in [2.05, 4.69) is 34.1 Å². The summed E-state index contributed by atoms with van der Waals surface area (Å²) in [5, 5.41) is 12.9. The second-order valence-corrected chi connectivity index (χ2v) is 4.45. The molecule has 3 rings (SSSR count). The van der Waals surface area contributed by atoms with Crippen molar-refractivity contribution in [2.75, 3.05) is 0 Å². The van der Waals surface area contributed by atoms with Gasteiger partial charge in [-0.1, -0.05) is 13.8 Å². The Balaban J connectivity index is 2.21. The van der Waals surface area contributed by atoms with E-state index < -0.39 is 0 Å². The van der Waals surface area contributed by atoms with Crippen LogP contribution in [0.4, 0.5) is 0 Å². The zero-order valence-corrected chi connectivity index (χ0v) is 10.3. The minimum absolute atomic E-state index is 0.374. The number of nitrogens with zero attached hydrogens (tertiary/aromatic N) is 5. The summed E-state index contributed by atoms with van der Waals surface area (Å²) in [4.78, 5) is 4.10. The van der Waals surface area contributed by atoms with Crippen LogP contribution in [0.3, 0.4) is 0 Å². The first-order chi connectivity index (χ1) is 8.75. The first-order valence-electron chi connectivity index (χ1n) is 5.88. The Morgan fingerprint density at radius 1 is 1.11 bits per heavy atom. The monoisotopic (exact) mass is 239 g/mol. The van der Waals surface area contributed by atoms with Crippen LogP contribution < -0.4 is 0 Å². The highest BCUT2D eigenvalue weighted by Crippen LogP contribution is 2.18. The Morgan fingerprint density at radius 3 is 2.72 bits per heavy atom. The van der Waals surface area contributed by atoms with Gasteiger partial charge in [0, 0.05) is 18.0 Å². The van der Waals surface area contributed by atoms with Crippen molar-refractivity contribution in [2.45, 2.75) is 19.8 Å². The van der Waals surface area contributed by atoms with Crippen LogP contribution in [0.2, 0.25) is 0 Å². The van der Waals surface area contributed by atoms with Crippen LogP contribution in [-0.4, -0.2) is 24.8 Å². The topological polar surface area (TPSA) is 56.0 Å². The van der Waals surface area contributed by atoms with Gasteiger partial charge in [-0.15, -0.1) is 10.2 Å². The summed E-state index contributed by atoms with van der Waals surface area (Å²) in [6, 6.07) is 7.76. The molecule has 0 aliphatic rings. The third-order valence-corrected chi connectivity index (χ3v) is 2.79. The van der Waals surface area contributed by atoms with Gasteiger partial charge < -0.3 is 0 Å². The number of rotatable bonds is 2. The predicted molar refractivity (Wildman–Crippen MR) is 68.1 cm³/mol. The first-order valence-corrected chi connectivity index (χ1v) is 5.88. The minimum atomic E-state index is 0.374. The van der Waals surface area contributed by atoms with Gasteiger partial charge in [0.1, 0.15) is 0 Å². The molecular formula is C13H13N5. The number of aromatic nitrogens is 5. The summed E-state index contributed by atoms with van der Waals surface area (Å²) < 4.78 is 1.77. The Labute approximate surface area is 105 Å². The molecule has 3 aromatic rings. The summed E-state index contributed by atoms with van der Waals surface area (Å²) in [5.41, 5.74) is 2.68.